The molecule has 0 saturated heterocycles. The maximum atomic E-state index is 11.3. The van der Waals surface area contributed by atoms with Crippen molar-refractivity contribution in [1.29, 1.82) is 0 Å². The van der Waals surface area contributed by atoms with Crippen molar-refractivity contribution in [2.75, 3.05) is 26.9 Å². The largest absolute Gasteiger partial charge is 0.491 e. The summed E-state index contributed by atoms with van der Waals surface area (Å²) in [7, 11) is 1.40. The van der Waals surface area contributed by atoms with Crippen molar-refractivity contribution >= 4 is 5.97 Å². The van der Waals surface area contributed by atoms with Crippen LogP contribution in [0.25, 0.3) is 0 Å². The summed E-state index contributed by atoms with van der Waals surface area (Å²) in [6.45, 7) is 5.50. The number of benzene rings is 3. The molecule has 0 aliphatic rings. The Kier molecular flexibility index (Phi) is 10.1. The number of carboxylic acids is 1. The summed E-state index contributed by atoms with van der Waals surface area (Å²) < 4.78 is 23.2. The van der Waals surface area contributed by atoms with Crippen molar-refractivity contribution in [3.05, 3.63) is 95.6 Å². The van der Waals surface area contributed by atoms with Crippen LogP contribution >= 0.6 is 0 Å². The van der Waals surface area contributed by atoms with Crippen molar-refractivity contribution in [1.82, 2.24) is 0 Å². The van der Waals surface area contributed by atoms with Crippen LogP contribution in [0.15, 0.2) is 78.9 Å². The van der Waals surface area contributed by atoms with E-state index in [2.05, 4.69) is 19.9 Å². The normalized spacial score (nSPS) is 12.8. The lowest BCUT2D eigenvalue weighted by Crippen LogP contribution is -2.24. The Labute approximate surface area is 207 Å². The third-order valence-electron chi connectivity index (χ3n) is 5.62. The molecule has 0 saturated carbocycles. The predicted molar refractivity (Wildman–Crippen MR) is 135 cm³/mol. The molecule has 0 aliphatic heterocycles. The van der Waals surface area contributed by atoms with Crippen LogP contribution in [-0.2, 0) is 20.7 Å². The van der Waals surface area contributed by atoms with Crippen LogP contribution in [0.4, 0.5) is 0 Å². The summed E-state index contributed by atoms with van der Waals surface area (Å²) in [5.41, 5.74) is 2.99. The Morgan fingerprint density at radius 1 is 0.914 bits per heavy atom. The van der Waals surface area contributed by atoms with Gasteiger partial charge in [-0.1, -0.05) is 74.5 Å². The van der Waals surface area contributed by atoms with Gasteiger partial charge in [-0.25, -0.2) is 4.79 Å². The number of methoxy groups -OCH3 is 1. The number of carbonyl (C=O) groups is 1. The Bertz CT molecular complexity index is 1050. The first-order valence-corrected chi connectivity index (χ1v) is 11.8. The van der Waals surface area contributed by atoms with Crippen LogP contribution in [-0.4, -0.2) is 44.1 Å². The maximum Gasteiger partial charge on any atom is 0.333 e. The molecule has 2 atom stereocenters. The third kappa shape index (κ3) is 8.12. The molecule has 1 N–H and O–H groups in total. The molecule has 0 bridgehead atoms. The number of hydrogen-bond acceptors (Lipinski definition) is 5. The first-order chi connectivity index (χ1) is 17.0. The molecule has 35 heavy (non-hydrogen) atoms. The van der Waals surface area contributed by atoms with Gasteiger partial charge in [0.25, 0.3) is 0 Å². The van der Waals surface area contributed by atoms with Gasteiger partial charge in [-0.15, -0.1) is 0 Å². The van der Waals surface area contributed by atoms with E-state index < -0.39 is 12.1 Å². The van der Waals surface area contributed by atoms with Gasteiger partial charge >= 0.3 is 5.97 Å². The summed E-state index contributed by atoms with van der Waals surface area (Å²) in [6.07, 6.45) is -0.975. The molecule has 6 heteroatoms. The van der Waals surface area contributed by atoms with Crippen LogP contribution in [0.1, 0.15) is 42.6 Å². The molecular weight excluding hydrogens is 444 g/mol. The first kappa shape index (κ1) is 26.3. The van der Waals surface area contributed by atoms with E-state index in [-0.39, 0.29) is 12.5 Å². The highest BCUT2D eigenvalue weighted by molar-refractivity contribution is 5.72. The summed E-state index contributed by atoms with van der Waals surface area (Å²) in [5, 5.41) is 9.27. The van der Waals surface area contributed by atoms with Gasteiger partial charge in [0.2, 0.25) is 0 Å². The average Bonchev–Trinajstić information content (AvgIpc) is 2.87. The SMILES string of the molecule is COC(Cc1cccc(OC(COCCOc2ccccc2C(C)C)c2ccccc2)c1)C(=O)O. The van der Waals surface area contributed by atoms with Crippen LogP contribution in [0, 0.1) is 0 Å². The van der Waals surface area contributed by atoms with Gasteiger partial charge in [-0.2, -0.15) is 0 Å². The number of ether oxygens (including phenoxy) is 4. The number of carboxylic acid groups (broad SMARTS) is 1. The van der Waals surface area contributed by atoms with Crippen molar-refractivity contribution in [2.24, 2.45) is 0 Å². The van der Waals surface area contributed by atoms with Crippen LogP contribution in [0.3, 0.4) is 0 Å². The monoisotopic (exact) mass is 478 g/mol. The standard InChI is InChI=1S/C29H34O6/c1-21(2)25-14-7-8-15-26(25)34-17-16-33-20-28(23-11-5-4-6-12-23)35-24-13-9-10-22(18-24)19-27(32-3)29(30)31/h4-15,18,21,27-28H,16-17,19-20H2,1-3H3,(H,30,31). The maximum absolute atomic E-state index is 11.3. The summed E-state index contributed by atoms with van der Waals surface area (Å²) in [5.74, 6) is 0.915. The molecule has 0 spiro atoms. The summed E-state index contributed by atoms with van der Waals surface area (Å²) in [4.78, 5) is 11.3. The Hall–Kier alpha value is -3.35. The van der Waals surface area contributed by atoms with Crippen LogP contribution in [0.5, 0.6) is 11.5 Å². The minimum atomic E-state index is -0.993. The topological polar surface area (TPSA) is 74.2 Å². The van der Waals surface area contributed by atoms with Crippen LogP contribution < -0.4 is 9.47 Å². The van der Waals surface area contributed by atoms with E-state index in [0.29, 0.717) is 31.5 Å². The molecule has 0 fully saturated rings. The minimum absolute atomic E-state index is 0.255. The van der Waals surface area contributed by atoms with Crippen molar-refractivity contribution in [3.8, 4) is 11.5 Å². The Morgan fingerprint density at radius 3 is 2.37 bits per heavy atom. The average molecular weight is 479 g/mol. The second-order valence-electron chi connectivity index (χ2n) is 8.55. The predicted octanol–water partition coefficient (Wildman–Crippen LogP) is 5.67. The molecule has 0 amide bonds. The number of aliphatic carboxylic acids is 1. The quantitative estimate of drug-likeness (QED) is 0.301. The molecule has 6 nitrogen and oxygen atoms in total. The highest BCUT2D eigenvalue weighted by atomic mass is 16.5. The molecule has 0 aliphatic carbocycles. The smallest absolute Gasteiger partial charge is 0.333 e. The zero-order valence-electron chi connectivity index (χ0n) is 20.6. The lowest BCUT2D eigenvalue weighted by Gasteiger charge is -2.21. The van der Waals surface area contributed by atoms with Gasteiger partial charge in [-0.05, 0) is 40.8 Å². The van der Waals surface area contributed by atoms with Gasteiger partial charge < -0.3 is 24.1 Å². The Morgan fingerprint density at radius 2 is 1.66 bits per heavy atom. The van der Waals surface area contributed by atoms with Gasteiger partial charge in [0.1, 0.15) is 24.2 Å². The van der Waals surface area contributed by atoms with Crippen molar-refractivity contribution in [3.63, 3.8) is 0 Å². The zero-order valence-corrected chi connectivity index (χ0v) is 20.6. The fourth-order valence-corrected chi connectivity index (χ4v) is 3.75. The van der Waals surface area contributed by atoms with E-state index in [1.54, 1.807) is 0 Å². The van der Waals surface area contributed by atoms with Crippen molar-refractivity contribution < 1.29 is 28.8 Å². The van der Waals surface area contributed by atoms with E-state index in [9.17, 15) is 9.90 Å². The fourth-order valence-electron chi connectivity index (χ4n) is 3.75. The summed E-state index contributed by atoms with van der Waals surface area (Å²) in [6, 6.07) is 25.4. The second kappa shape index (κ2) is 13.5. The van der Waals surface area contributed by atoms with Crippen molar-refractivity contribution in [2.45, 2.75) is 38.4 Å². The lowest BCUT2D eigenvalue weighted by molar-refractivity contribution is -0.148. The molecule has 0 radical (unpaired) electrons. The van der Waals surface area contributed by atoms with E-state index in [1.165, 1.54) is 12.7 Å². The van der Waals surface area contributed by atoms with E-state index in [4.69, 9.17) is 18.9 Å². The highest BCUT2D eigenvalue weighted by Crippen LogP contribution is 2.26. The number of rotatable bonds is 14. The number of hydrogen-bond donors (Lipinski definition) is 1. The molecule has 3 aromatic carbocycles. The van der Waals surface area contributed by atoms with Gasteiger partial charge in [0.05, 0.1) is 13.2 Å². The van der Waals surface area contributed by atoms with Crippen LogP contribution in [0.2, 0.25) is 0 Å². The highest BCUT2D eigenvalue weighted by Gasteiger charge is 2.18. The molecule has 2 unspecified atom stereocenters. The molecular formula is C29H34O6. The molecule has 186 valence electrons. The second-order valence-corrected chi connectivity index (χ2v) is 8.55. The Balaban J connectivity index is 1.60. The number of para-hydroxylation sites is 1. The van der Waals surface area contributed by atoms with Gasteiger partial charge in [0, 0.05) is 13.5 Å². The minimum Gasteiger partial charge on any atom is -0.491 e. The molecule has 0 heterocycles. The summed E-state index contributed by atoms with van der Waals surface area (Å²) >= 11 is 0. The van der Waals surface area contributed by atoms with Gasteiger partial charge in [-0.3, -0.25) is 0 Å². The molecule has 3 rings (SSSR count). The van der Waals surface area contributed by atoms with E-state index in [0.717, 1.165) is 16.9 Å². The van der Waals surface area contributed by atoms with E-state index >= 15 is 0 Å². The molecule has 0 aromatic heterocycles. The van der Waals surface area contributed by atoms with E-state index in [1.807, 2.05) is 72.8 Å². The zero-order chi connectivity index (χ0) is 25.0. The molecule has 3 aromatic rings. The third-order valence-corrected chi connectivity index (χ3v) is 5.62. The lowest BCUT2D eigenvalue weighted by atomic mass is 10.0. The van der Waals surface area contributed by atoms with Gasteiger partial charge in [0.15, 0.2) is 6.10 Å². The first-order valence-electron chi connectivity index (χ1n) is 11.8. The fraction of sp³-hybridized carbons (Fsp3) is 0.345.